The van der Waals surface area contributed by atoms with Gasteiger partial charge in [-0.15, -0.1) is 0 Å². The second-order valence-electron chi connectivity index (χ2n) is 5.06. The first-order valence-electron chi connectivity index (χ1n) is 6.96. The molecule has 21 heavy (non-hydrogen) atoms. The van der Waals surface area contributed by atoms with Gasteiger partial charge >= 0.3 is 0 Å². The molecule has 0 saturated heterocycles. The minimum Gasteiger partial charge on any atom is -0.473 e. The summed E-state index contributed by atoms with van der Waals surface area (Å²) in [5, 5.41) is 3.18. The van der Waals surface area contributed by atoms with Gasteiger partial charge in [-0.1, -0.05) is 12.1 Å². The van der Waals surface area contributed by atoms with Crippen molar-refractivity contribution in [3.05, 3.63) is 47.8 Å². The van der Waals surface area contributed by atoms with Gasteiger partial charge in [0.05, 0.1) is 11.8 Å². The molecule has 0 amide bonds. The summed E-state index contributed by atoms with van der Waals surface area (Å²) in [6.45, 7) is 4.50. The van der Waals surface area contributed by atoms with Crippen molar-refractivity contribution in [3.8, 4) is 5.88 Å². The monoisotopic (exact) mass is 289 g/mol. The molecule has 0 aliphatic carbocycles. The lowest BCUT2D eigenvalue weighted by Crippen LogP contribution is -2.11. The molecule has 3 N–H and O–H groups in total. The molecular formula is C16H20FN3O. The first-order chi connectivity index (χ1) is 10.0. The number of halogens is 1. The topological polar surface area (TPSA) is 60.2 Å². The summed E-state index contributed by atoms with van der Waals surface area (Å²) in [5.41, 5.74) is 7.27. The summed E-state index contributed by atoms with van der Waals surface area (Å²) in [6.07, 6.45) is 0.729. The number of nitrogen functional groups attached to an aromatic ring is 1. The first-order valence-corrected chi connectivity index (χ1v) is 6.96. The zero-order valence-corrected chi connectivity index (χ0v) is 12.3. The van der Waals surface area contributed by atoms with Crippen LogP contribution in [0.4, 0.5) is 15.9 Å². The second kappa shape index (κ2) is 6.92. The van der Waals surface area contributed by atoms with Gasteiger partial charge in [-0.3, -0.25) is 0 Å². The molecule has 112 valence electrons. The van der Waals surface area contributed by atoms with E-state index in [-0.39, 0.29) is 11.9 Å². The van der Waals surface area contributed by atoms with Crippen LogP contribution in [0.1, 0.15) is 19.4 Å². The highest BCUT2D eigenvalue weighted by Gasteiger charge is 2.06. The largest absolute Gasteiger partial charge is 0.473 e. The molecule has 1 heterocycles. The molecule has 0 saturated carbocycles. The molecule has 0 spiro atoms. The smallest absolute Gasteiger partial charge is 0.239 e. The quantitative estimate of drug-likeness (QED) is 0.857. The van der Waals surface area contributed by atoms with Crippen LogP contribution in [0.3, 0.4) is 0 Å². The van der Waals surface area contributed by atoms with Crippen LogP contribution in [-0.4, -0.2) is 17.6 Å². The Hall–Kier alpha value is -2.30. The highest BCUT2D eigenvalue weighted by atomic mass is 19.1. The molecule has 0 fully saturated rings. The predicted octanol–water partition coefficient (Wildman–Crippen LogP) is 3.24. The van der Waals surface area contributed by atoms with Crippen molar-refractivity contribution >= 4 is 11.5 Å². The number of nitrogens with one attached hydrogen (secondary N) is 1. The number of ether oxygens (including phenoxy) is 1. The van der Waals surface area contributed by atoms with Crippen LogP contribution in [0.25, 0.3) is 0 Å². The van der Waals surface area contributed by atoms with Gasteiger partial charge in [-0.25, -0.2) is 4.39 Å². The molecule has 0 aliphatic heterocycles. The van der Waals surface area contributed by atoms with Crippen molar-refractivity contribution in [1.29, 1.82) is 0 Å². The molecule has 0 radical (unpaired) electrons. The zero-order chi connectivity index (χ0) is 15.2. The fourth-order valence-corrected chi connectivity index (χ4v) is 1.89. The van der Waals surface area contributed by atoms with E-state index in [1.807, 2.05) is 19.9 Å². The number of nitrogens with two attached hydrogens (primary N) is 1. The Bertz CT molecular complexity index is 602. The maximum absolute atomic E-state index is 13.1. The van der Waals surface area contributed by atoms with E-state index in [2.05, 4.69) is 10.3 Å². The Morgan fingerprint density at radius 3 is 2.81 bits per heavy atom. The van der Waals surface area contributed by atoms with Crippen LogP contribution in [0.2, 0.25) is 0 Å². The molecule has 2 aromatic rings. The summed E-state index contributed by atoms with van der Waals surface area (Å²) < 4.78 is 18.6. The maximum atomic E-state index is 13.1. The van der Waals surface area contributed by atoms with Crippen molar-refractivity contribution in [3.63, 3.8) is 0 Å². The second-order valence-corrected chi connectivity index (χ2v) is 5.06. The molecule has 0 unspecified atom stereocenters. The Kier molecular flexibility index (Phi) is 4.98. The molecule has 0 bridgehead atoms. The van der Waals surface area contributed by atoms with E-state index in [1.54, 1.807) is 18.2 Å². The Labute approximate surface area is 124 Å². The summed E-state index contributed by atoms with van der Waals surface area (Å²) in [5.74, 6) is 0.905. The van der Waals surface area contributed by atoms with Gasteiger partial charge in [-0.2, -0.15) is 4.98 Å². The normalized spacial score (nSPS) is 10.7. The van der Waals surface area contributed by atoms with Gasteiger partial charge in [0.15, 0.2) is 0 Å². The van der Waals surface area contributed by atoms with Crippen LogP contribution in [0.15, 0.2) is 36.4 Å². The number of pyridine rings is 1. The third kappa shape index (κ3) is 4.63. The summed E-state index contributed by atoms with van der Waals surface area (Å²) in [6, 6.07) is 10.1. The molecule has 1 aromatic heterocycles. The minimum absolute atomic E-state index is 0.0161. The van der Waals surface area contributed by atoms with Crippen molar-refractivity contribution in [2.24, 2.45) is 0 Å². The standard InChI is InChI=1S/C16H20FN3O/c1-11(2)21-16-14(18)6-7-15(20-16)19-9-8-12-4-3-5-13(17)10-12/h3-7,10-11H,8-9,18H2,1-2H3,(H,19,20). The van der Waals surface area contributed by atoms with Crippen LogP contribution in [0.5, 0.6) is 5.88 Å². The molecule has 0 atom stereocenters. The molecule has 5 heteroatoms. The van der Waals surface area contributed by atoms with Crippen LogP contribution in [-0.2, 0) is 6.42 Å². The lowest BCUT2D eigenvalue weighted by Gasteiger charge is -2.13. The number of aromatic nitrogens is 1. The summed E-state index contributed by atoms with van der Waals surface area (Å²) in [7, 11) is 0. The Morgan fingerprint density at radius 1 is 1.29 bits per heavy atom. The lowest BCUT2D eigenvalue weighted by molar-refractivity contribution is 0.234. The van der Waals surface area contributed by atoms with E-state index in [9.17, 15) is 4.39 Å². The fraction of sp³-hybridized carbons (Fsp3) is 0.312. The Balaban J connectivity index is 1.94. The molecule has 1 aromatic carbocycles. The molecule has 2 rings (SSSR count). The molecule has 0 aliphatic rings. The van der Waals surface area contributed by atoms with Gasteiger partial charge in [0.25, 0.3) is 0 Å². The molecule has 4 nitrogen and oxygen atoms in total. The Morgan fingerprint density at radius 2 is 2.10 bits per heavy atom. The SMILES string of the molecule is CC(C)Oc1nc(NCCc2cccc(F)c2)ccc1N. The first kappa shape index (κ1) is 15.1. The van der Waals surface area contributed by atoms with Gasteiger partial charge in [0, 0.05) is 6.54 Å². The van der Waals surface area contributed by atoms with E-state index < -0.39 is 0 Å². The summed E-state index contributed by atoms with van der Waals surface area (Å²) in [4.78, 5) is 4.33. The van der Waals surface area contributed by atoms with E-state index >= 15 is 0 Å². The third-order valence-electron chi connectivity index (χ3n) is 2.85. The van der Waals surface area contributed by atoms with Crippen LogP contribution >= 0.6 is 0 Å². The minimum atomic E-state index is -0.217. The number of hydrogen-bond acceptors (Lipinski definition) is 4. The average Bonchev–Trinajstić information content (AvgIpc) is 2.42. The zero-order valence-electron chi connectivity index (χ0n) is 12.3. The van der Waals surface area contributed by atoms with Crippen molar-refractivity contribution in [2.45, 2.75) is 26.4 Å². The number of benzene rings is 1. The van der Waals surface area contributed by atoms with Gasteiger partial charge in [-0.05, 0) is 50.1 Å². The van der Waals surface area contributed by atoms with Crippen molar-refractivity contribution in [2.75, 3.05) is 17.6 Å². The number of nitrogens with zero attached hydrogens (tertiary/aromatic N) is 1. The van der Waals surface area contributed by atoms with Crippen LogP contribution < -0.4 is 15.8 Å². The van der Waals surface area contributed by atoms with Gasteiger partial charge < -0.3 is 15.8 Å². The van der Waals surface area contributed by atoms with Crippen molar-refractivity contribution < 1.29 is 9.13 Å². The number of hydrogen-bond donors (Lipinski definition) is 2. The van der Waals surface area contributed by atoms with Gasteiger partial charge in [0.1, 0.15) is 11.6 Å². The van der Waals surface area contributed by atoms with E-state index in [1.165, 1.54) is 12.1 Å². The van der Waals surface area contributed by atoms with Crippen LogP contribution in [0, 0.1) is 5.82 Å². The third-order valence-corrected chi connectivity index (χ3v) is 2.85. The van der Waals surface area contributed by atoms with Gasteiger partial charge in [0.2, 0.25) is 5.88 Å². The molecular weight excluding hydrogens is 269 g/mol. The van der Waals surface area contributed by atoms with E-state index in [0.29, 0.717) is 30.4 Å². The average molecular weight is 289 g/mol. The predicted molar refractivity (Wildman–Crippen MR) is 83.0 cm³/mol. The summed E-state index contributed by atoms with van der Waals surface area (Å²) >= 11 is 0. The highest BCUT2D eigenvalue weighted by Crippen LogP contribution is 2.21. The maximum Gasteiger partial charge on any atom is 0.239 e. The fourth-order valence-electron chi connectivity index (χ4n) is 1.89. The van der Waals surface area contributed by atoms with E-state index in [0.717, 1.165) is 5.56 Å². The lowest BCUT2D eigenvalue weighted by atomic mass is 10.1. The van der Waals surface area contributed by atoms with E-state index in [4.69, 9.17) is 10.5 Å². The number of anilines is 2. The van der Waals surface area contributed by atoms with Crippen molar-refractivity contribution in [1.82, 2.24) is 4.98 Å². The highest BCUT2D eigenvalue weighted by molar-refractivity contribution is 5.53. The number of rotatable bonds is 6.